The van der Waals surface area contributed by atoms with Crippen LogP contribution in [0.5, 0.6) is 11.5 Å². The molecule has 0 bridgehead atoms. The first kappa shape index (κ1) is 22.1. The van der Waals surface area contributed by atoms with Gasteiger partial charge in [0.25, 0.3) is 5.91 Å². The lowest BCUT2D eigenvalue weighted by Crippen LogP contribution is -2.34. The lowest BCUT2D eigenvalue weighted by atomic mass is 10.1. The van der Waals surface area contributed by atoms with Crippen LogP contribution in [0.2, 0.25) is 0 Å². The van der Waals surface area contributed by atoms with Crippen LogP contribution in [0.25, 0.3) is 0 Å². The van der Waals surface area contributed by atoms with Gasteiger partial charge >= 0.3 is 0 Å². The first-order valence-corrected chi connectivity index (χ1v) is 10.8. The average molecular weight is 427 g/mol. The number of likely N-dealkylation sites (tertiary alicyclic amines) is 1. The second-order valence-corrected chi connectivity index (χ2v) is 8.22. The summed E-state index contributed by atoms with van der Waals surface area (Å²) in [6.07, 6.45) is 3.61. The summed E-state index contributed by atoms with van der Waals surface area (Å²) in [5, 5.41) is 2.95. The van der Waals surface area contributed by atoms with E-state index in [0.29, 0.717) is 11.5 Å². The number of hydrogen-bond donors (Lipinski definition) is 1. The summed E-state index contributed by atoms with van der Waals surface area (Å²) in [5.41, 5.74) is 5.02. The van der Waals surface area contributed by atoms with Gasteiger partial charge in [-0.15, -0.1) is 0 Å². The quantitative estimate of drug-likeness (QED) is 0.673. The summed E-state index contributed by atoms with van der Waals surface area (Å²) >= 11 is 5.67. The van der Waals surface area contributed by atoms with Crippen LogP contribution in [0.1, 0.15) is 41.5 Å². The minimum atomic E-state index is -0.208. The van der Waals surface area contributed by atoms with Crippen LogP contribution in [-0.2, 0) is 4.79 Å². The molecule has 0 aliphatic carbocycles. The van der Waals surface area contributed by atoms with E-state index in [-0.39, 0.29) is 12.5 Å². The standard InChI is InChI=1S/C24H30N2O3S/c1-16-12-17(2)23(18(3)13-16)25-22(27)15-29-20-9-8-19(14-21(20)28-4)24(30)26-10-6-5-7-11-26/h8-9,12-14H,5-7,10-11,15H2,1-4H3,(H,25,27). The van der Waals surface area contributed by atoms with Crippen LogP contribution in [0.15, 0.2) is 30.3 Å². The number of piperidine rings is 1. The van der Waals surface area contributed by atoms with E-state index in [2.05, 4.69) is 22.3 Å². The lowest BCUT2D eigenvalue weighted by Gasteiger charge is -2.29. The molecule has 1 amide bonds. The molecule has 1 aliphatic heterocycles. The Kier molecular flexibility index (Phi) is 7.32. The summed E-state index contributed by atoms with van der Waals surface area (Å²) in [5.74, 6) is 0.887. The number of carbonyl (C=O) groups is 1. The molecule has 1 N–H and O–H groups in total. The third kappa shape index (κ3) is 5.30. The number of aryl methyl sites for hydroxylation is 3. The third-order valence-electron chi connectivity index (χ3n) is 5.35. The zero-order valence-corrected chi connectivity index (χ0v) is 19.0. The van der Waals surface area contributed by atoms with Gasteiger partial charge in [-0.25, -0.2) is 0 Å². The molecule has 0 aromatic heterocycles. The molecule has 2 aromatic carbocycles. The third-order valence-corrected chi connectivity index (χ3v) is 5.85. The Hall–Kier alpha value is -2.60. The molecule has 1 aliphatic rings. The maximum Gasteiger partial charge on any atom is 0.262 e. The molecule has 0 saturated carbocycles. The van der Waals surface area contributed by atoms with Crippen molar-refractivity contribution in [1.29, 1.82) is 0 Å². The summed E-state index contributed by atoms with van der Waals surface area (Å²) in [6.45, 7) is 7.92. The van der Waals surface area contributed by atoms with E-state index in [4.69, 9.17) is 21.7 Å². The second-order valence-electron chi connectivity index (χ2n) is 7.83. The molecule has 1 heterocycles. The number of rotatable bonds is 6. The molecular formula is C24H30N2O3S. The smallest absolute Gasteiger partial charge is 0.262 e. The van der Waals surface area contributed by atoms with Gasteiger partial charge in [0, 0.05) is 24.3 Å². The van der Waals surface area contributed by atoms with Gasteiger partial charge in [0.2, 0.25) is 0 Å². The molecule has 30 heavy (non-hydrogen) atoms. The topological polar surface area (TPSA) is 50.8 Å². The van der Waals surface area contributed by atoms with Crippen LogP contribution >= 0.6 is 12.2 Å². The Labute approximate surface area is 184 Å². The summed E-state index contributed by atoms with van der Waals surface area (Å²) in [4.78, 5) is 15.5. The molecule has 6 heteroatoms. The van der Waals surface area contributed by atoms with Gasteiger partial charge in [-0.1, -0.05) is 29.9 Å². The highest BCUT2D eigenvalue weighted by atomic mass is 32.1. The Bertz CT molecular complexity index is 913. The highest BCUT2D eigenvalue weighted by Gasteiger charge is 2.17. The lowest BCUT2D eigenvalue weighted by molar-refractivity contribution is -0.118. The molecule has 3 rings (SSSR count). The molecule has 1 saturated heterocycles. The van der Waals surface area contributed by atoms with Crippen LogP contribution in [0.3, 0.4) is 0 Å². The van der Waals surface area contributed by atoms with Crippen molar-refractivity contribution in [3.05, 3.63) is 52.6 Å². The second kappa shape index (κ2) is 9.94. The predicted molar refractivity (Wildman–Crippen MR) is 125 cm³/mol. The summed E-state index contributed by atoms with van der Waals surface area (Å²) < 4.78 is 11.2. The van der Waals surface area contributed by atoms with E-state index in [0.717, 1.165) is 40.5 Å². The van der Waals surface area contributed by atoms with E-state index in [1.165, 1.54) is 24.8 Å². The number of ether oxygens (including phenoxy) is 2. The molecular weight excluding hydrogens is 396 g/mol. The number of anilines is 1. The summed E-state index contributed by atoms with van der Waals surface area (Å²) in [6, 6.07) is 9.74. The number of methoxy groups -OCH3 is 1. The van der Waals surface area contributed by atoms with Crippen molar-refractivity contribution in [2.24, 2.45) is 0 Å². The average Bonchev–Trinajstić information content (AvgIpc) is 2.74. The van der Waals surface area contributed by atoms with E-state index >= 15 is 0 Å². The van der Waals surface area contributed by atoms with Gasteiger partial charge in [0.1, 0.15) is 4.99 Å². The Balaban J connectivity index is 1.65. The molecule has 160 valence electrons. The molecule has 0 radical (unpaired) electrons. The van der Waals surface area contributed by atoms with Crippen molar-refractivity contribution in [3.8, 4) is 11.5 Å². The first-order valence-electron chi connectivity index (χ1n) is 10.4. The number of amides is 1. The fourth-order valence-electron chi connectivity index (χ4n) is 3.90. The van der Waals surface area contributed by atoms with Crippen LogP contribution in [-0.4, -0.2) is 42.6 Å². The van der Waals surface area contributed by atoms with Crippen LogP contribution in [0.4, 0.5) is 5.69 Å². The highest BCUT2D eigenvalue weighted by molar-refractivity contribution is 7.80. The minimum Gasteiger partial charge on any atom is -0.493 e. The van der Waals surface area contributed by atoms with Crippen molar-refractivity contribution < 1.29 is 14.3 Å². The monoisotopic (exact) mass is 426 g/mol. The predicted octanol–water partition coefficient (Wildman–Crippen LogP) is 4.80. The summed E-state index contributed by atoms with van der Waals surface area (Å²) in [7, 11) is 1.59. The van der Waals surface area contributed by atoms with Gasteiger partial charge in [0.05, 0.1) is 7.11 Å². The van der Waals surface area contributed by atoms with E-state index in [9.17, 15) is 4.79 Å². The number of nitrogens with zero attached hydrogens (tertiary/aromatic N) is 1. The zero-order chi connectivity index (χ0) is 21.7. The fraction of sp³-hybridized carbons (Fsp3) is 0.417. The molecule has 0 spiro atoms. The van der Waals surface area contributed by atoms with Gasteiger partial charge < -0.3 is 19.7 Å². The largest absolute Gasteiger partial charge is 0.493 e. The van der Waals surface area contributed by atoms with Gasteiger partial charge in [-0.05, 0) is 69.4 Å². The number of carbonyl (C=O) groups excluding carboxylic acids is 1. The number of nitrogens with one attached hydrogen (secondary N) is 1. The number of thiocarbonyl (C=S) groups is 1. The maximum absolute atomic E-state index is 12.5. The SMILES string of the molecule is COc1cc(C(=S)N2CCCCC2)ccc1OCC(=O)Nc1c(C)cc(C)cc1C. The van der Waals surface area contributed by atoms with Crippen LogP contribution < -0.4 is 14.8 Å². The van der Waals surface area contributed by atoms with Crippen molar-refractivity contribution >= 4 is 28.8 Å². The van der Waals surface area contributed by atoms with Crippen molar-refractivity contribution in [2.45, 2.75) is 40.0 Å². The van der Waals surface area contributed by atoms with E-state index < -0.39 is 0 Å². The maximum atomic E-state index is 12.5. The van der Waals surface area contributed by atoms with Gasteiger partial charge in [-0.2, -0.15) is 0 Å². The highest BCUT2D eigenvalue weighted by Crippen LogP contribution is 2.29. The Morgan fingerprint density at radius 2 is 1.70 bits per heavy atom. The Morgan fingerprint density at radius 3 is 2.33 bits per heavy atom. The molecule has 5 nitrogen and oxygen atoms in total. The van der Waals surface area contributed by atoms with Gasteiger partial charge in [0.15, 0.2) is 18.1 Å². The normalized spacial score (nSPS) is 13.7. The molecule has 0 atom stereocenters. The van der Waals surface area contributed by atoms with Gasteiger partial charge in [-0.3, -0.25) is 4.79 Å². The number of hydrogen-bond acceptors (Lipinski definition) is 4. The molecule has 1 fully saturated rings. The first-order chi connectivity index (χ1) is 14.4. The zero-order valence-electron chi connectivity index (χ0n) is 18.2. The van der Waals surface area contributed by atoms with E-state index in [1.807, 2.05) is 39.0 Å². The number of benzene rings is 2. The molecule has 0 unspecified atom stereocenters. The van der Waals surface area contributed by atoms with Crippen molar-refractivity contribution in [3.63, 3.8) is 0 Å². The van der Waals surface area contributed by atoms with Crippen molar-refractivity contribution in [2.75, 3.05) is 32.1 Å². The molecule has 2 aromatic rings. The van der Waals surface area contributed by atoms with Crippen molar-refractivity contribution in [1.82, 2.24) is 4.90 Å². The van der Waals surface area contributed by atoms with E-state index in [1.54, 1.807) is 7.11 Å². The minimum absolute atomic E-state index is 0.0982. The Morgan fingerprint density at radius 1 is 1.03 bits per heavy atom. The fourth-order valence-corrected chi connectivity index (χ4v) is 4.20. The van der Waals surface area contributed by atoms with Crippen LogP contribution in [0, 0.1) is 20.8 Å².